The predicted molar refractivity (Wildman–Crippen MR) is 67.2 cm³/mol. The van der Waals surface area contributed by atoms with Crippen molar-refractivity contribution in [1.29, 1.82) is 0 Å². The molecule has 102 valence electrons. The maximum atomic E-state index is 12.3. The predicted octanol–water partition coefficient (Wildman–Crippen LogP) is 1.03. The molecule has 0 aromatic heterocycles. The molecule has 0 bridgehead atoms. The average Bonchev–Trinajstić information content (AvgIpc) is 2.78. The highest BCUT2D eigenvalue weighted by Gasteiger charge is 2.45. The van der Waals surface area contributed by atoms with Crippen LogP contribution in [-0.2, 0) is 9.59 Å². The van der Waals surface area contributed by atoms with E-state index in [-0.39, 0.29) is 5.91 Å². The highest BCUT2D eigenvalue weighted by atomic mass is 16.4. The summed E-state index contributed by atoms with van der Waals surface area (Å²) < 4.78 is 0. The lowest BCUT2D eigenvalue weighted by atomic mass is 9.81. The molecule has 5 heteroatoms. The summed E-state index contributed by atoms with van der Waals surface area (Å²) in [6.45, 7) is 2.68. The molecule has 0 aromatic carbocycles. The summed E-state index contributed by atoms with van der Waals surface area (Å²) in [5.74, 6) is -1.05. The van der Waals surface area contributed by atoms with Gasteiger partial charge in [-0.1, -0.05) is 19.3 Å². The third kappa shape index (κ3) is 2.36. The topological polar surface area (TPSA) is 78.4 Å². The Morgan fingerprint density at radius 2 is 1.78 bits per heavy atom. The van der Waals surface area contributed by atoms with Crippen molar-refractivity contribution in [3.05, 3.63) is 0 Å². The van der Waals surface area contributed by atoms with E-state index in [1.165, 1.54) is 0 Å². The van der Waals surface area contributed by atoms with Gasteiger partial charge in [0.2, 0.25) is 5.91 Å². The molecule has 3 N–H and O–H groups in total. The molecule has 1 aliphatic heterocycles. The van der Waals surface area contributed by atoms with Crippen LogP contribution in [0.2, 0.25) is 0 Å². The van der Waals surface area contributed by atoms with Crippen molar-refractivity contribution in [2.75, 3.05) is 6.54 Å². The number of carbonyl (C=O) groups excluding carboxylic acids is 1. The van der Waals surface area contributed by atoms with Gasteiger partial charge in [0, 0.05) is 0 Å². The molecule has 5 nitrogen and oxygen atoms in total. The van der Waals surface area contributed by atoms with Crippen LogP contribution in [0.1, 0.15) is 51.9 Å². The SMILES string of the molecule is CC1(C(=O)NC2(C(=O)O)CCCCC2)CCCN1. The summed E-state index contributed by atoms with van der Waals surface area (Å²) in [5, 5.41) is 15.4. The number of carboxylic acid groups (broad SMARTS) is 1. The number of rotatable bonds is 3. The van der Waals surface area contributed by atoms with Crippen LogP contribution in [0.25, 0.3) is 0 Å². The molecule has 0 radical (unpaired) electrons. The molecule has 1 saturated carbocycles. The lowest BCUT2D eigenvalue weighted by molar-refractivity contribution is -0.150. The van der Waals surface area contributed by atoms with E-state index in [0.29, 0.717) is 12.8 Å². The first kappa shape index (κ1) is 13.3. The van der Waals surface area contributed by atoms with Crippen molar-refractivity contribution in [3.63, 3.8) is 0 Å². The first-order valence-corrected chi connectivity index (χ1v) is 6.80. The normalized spacial score (nSPS) is 30.9. The molecule has 2 aliphatic rings. The fourth-order valence-corrected chi connectivity index (χ4v) is 2.99. The molecule has 1 aliphatic carbocycles. The number of nitrogens with one attached hydrogen (secondary N) is 2. The zero-order chi connectivity index (χ0) is 13.2. The smallest absolute Gasteiger partial charge is 0.329 e. The van der Waals surface area contributed by atoms with Gasteiger partial charge in [0.25, 0.3) is 0 Å². The first-order valence-electron chi connectivity index (χ1n) is 6.80. The van der Waals surface area contributed by atoms with Gasteiger partial charge in [0.15, 0.2) is 0 Å². The summed E-state index contributed by atoms with van der Waals surface area (Å²) in [6.07, 6.45) is 5.63. The van der Waals surface area contributed by atoms with Crippen molar-refractivity contribution >= 4 is 11.9 Å². The minimum Gasteiger partial charge on any atom is -0.480 e. The van der Waals surface area contributed by atoms with Crippen molar-refractivity contribution in [2.45, 2.75) is 62.9 Å². The molecule has 1 amide bonds. The molecule has 1 saturated heterocycles. The zero-order valence-electron chi connectivity index (χ0n) is 10.9. The number of amides is 1. The summed E-state index contributed by atoms with van der Waals surface area (Å²) in [6, 6.07) is 0. The lowest BCUT2D eigenvalue weighted by Gasteiger charge is -2.37. The Morgan fingerprint density at radius 3 is 2.28 bits per heavy atom. The summed E-state index contributed by atoms with van der Waals surface area (Å²) >= 11 is 0. The van der Waals surface area contributed by atoms with E-state index in [4.69, 9.17) is 0 Å². The standard InChI is InChI=1S/C13H22N2O3/c1-12(6-5-9-14-12)10(16)15-13(11(17)18)7-3-2-4-8-13/h14H,2-9H2,1H3,(H,15,16)(H,17,18). The number of hydrogen-bond acceptors (Lipinski definition) is 3. The first-order chi connectivity index (χ1) is 8.49. The monoisotopic (exact) mass is 254 g/mol. The second kappa shape index (κ2) is 4.88. The Balaban J connectivity index is 2.09. The highest BCUT2D eigenvalue weighted by molar-refractivity contribution is 5.92. The van der Waals surface area contributed by atoms with Crippen molar-refractivity contribution < 1.29 is 14.7 Å². The summed E-state index contributed by atoms with van der Waals surface area (Å²) in [4.78, 5) is 23.8. The quantitative estimate of drug-likeness (QED) is 0.703. The number of carboxylic acids is 1. The van der Waals surface area contributed by atoms with Crippen LogP contribution in [-0.4, -0.2) is 34.6 Å². The van der Waals surface area contributed by atoms with E-state index >= 15 is 0 Å². The molecular formula is C13H22N2O3. The second-order valence-corrected chi connectivity index (χ2v) is 5.76. The second-order valence-electron chi connectivity index (χ2n) is 5.76. The molecule has 1 heterocycles. The van der Waals surface area contributed by atoms with Gasteiger partial charge < -0.3 is 15.7 Å². The van der Waals surface area contributed by atoms with Gasteiger partial charge in [-0.25, -0.2) is 4.79 Å². The van der Waals surface area contributed by atoms with Crippen molar-refractivity contribution in [3.8, 4) is 0 Å². The van der Waals surface area contributed by atoms with Gasteiger partial charge in [-0.15, -0.1) is 0 Å². The van der Waals surface area contributed by atoms with Gasteiger partial charge in [0.1, 0.15) is 5.54 Å². The molecule has 2 fully saturated rings. The summed E-state index contributed by atoms with van der Waals surface area (Å²) in [5.41, 5.74) is -1.64. The Kier molecular flexibility index (Phi) is 3.61. The van der Waals surface area contributed by atoms with Crippen LogP contribution in [0.15, 0.2) is 0 Å². The van der Waals surface area contributed by atoms with Gasteiger partial charge in [-0.3, -0.25) is 4.79 Å². The highest BCUT2D eigenvalue weighted by Crippen LogP contribution is 2.30. The van der Waals surface area contributed by atoms with E-state index in [0.717, 1.165) is 38.6 Å². The molecule has 1 atom stereocenters. The molecule has 1 unspecified atom stereocenters. The number of hydrogen-bond donors (Lipinski definition) is 3. The Hall–Kier alpha value is -1.10. The van der Waals surface area contributed by atoms with E-state index in [2.05, 4.69) is 10.6 Å². The minimum atomic E-state index is -1.04. The van der Waals surface area contributed by atoms with E-state index in [9.17, 15) is 14.7 Å². The van der Waals surface area contributed by atoms with Crippen LogP contribution >= 0.6 is 0 Å². The third-order valence-electron chi connectivity index (χ3n) is 4.34. The average molecular weight is 254 g/mol. The van der Waals surface area contributed by atoms with Crippen LogP contribution in [0.5, 0.6) is 0 Å². The fourth-order valence-electron chi connectivity index (χ4n) is 2.99. The van der Waals surface area contributed by atoms with E-state index in [1.54, 1.807) is 0 Å². The molecule has 0 spiro atoms. The third-order valence-corrected chi connectivity index (χ3v) is 4.34. The maximum absolute atomic E-state index is 12.3. The van der Waals surface area contributed by atoms with Crippen LogP contribution in [0.4, 0.5) is 0 Å². The van der Waals surface area contributed by atoms with Gasteiger partial charge in [-0.2, -0.15) is 0 Å². The minimum absolute atomic E-state index is 0.163. The van der Waals surface area contributed by atoms with E-state index < -0.39 is 17.0 Å². The lowest BCUT2D eigenvalue weighted by Crippen LogP contribution is -2.62. The van der Waals surface area contributed by atoms with Crippen LogP contribution in [0, 0.1) is 0 Å². The van der Waals surface area contributed by atoms with Crippen molar-refractivity contribution in [1.82, 2.24) is 10.6 Å². The van der Waals surface area contributed by atoms with Gasteiger partial charge in [-0.05, 0) is 39.2 Å². The fraction of sp³-hybridized carbons (Fsp3) is 0.846. The molecule has 0 aromatic rings. The van der Waals surface area contributed by atoms with Crippen LogP contribution < -0.4 is 10.6 Å². The molecular weight excluding hydrogens is 232 g/mol. The van der Waals surface area contributed by atoms with Crippen molar-refractivity contribution in [2.24, 2.45) is 0 Å². The van der Waals surface area contributed by atoms with E-state index in [1.807, 2.05) is 6.92 Å². The Bertz CT molecular complexity index is 342. The molecule has 18 heavy (non-hydrogen) atoms. The zero-order valence-corrected chi connectivity index (χ0v) is 10.9. The van der Waals surface area contributed by atoms with Crippen LogP contribution in [0.3, 0.4) is 0 Å². The summed E-state index contributed by atoms with van der Waals surface area (Å²) in [7, 11) is 0. The number of carbonyl (C=O) groups is 2. The van der Waals surface area contributed by atoms with Gasteiger partial charge in [0.05, 0.1) is 5.54 Å². The van der Waals surface area contributed by atoms with Gasteiger partial charge >= 0.3 is 5.97 Å². The Labute approximate surface area is 107 Å². The number of aliphatic carboxylic acids is 1. The Morgan fingerprint density at radius 1 is 1.11 bits per heavy atom. The maximum Gasteiger partial charge on any atom is 0.329 e. The molecule has 2 rings (SSSR count). The largest absolute Gasteiger partial charge is 0.480 e.